The molecular formula is C11H19NO4S. The molecule has 98 valence electrons. The van der Waals surface area contributed by atoms with Gasteiger partial charge in [0.2, 0.25) is 0 Å². The van der Waals surface area contributed by atoms with Gasteiger partial charge >= 0.3 is 5.97 Å². The summed E-state index contributed by atoms with van der Waals surface area (Å²) < 4.78 is 22.6. The van der Waals surface area contributed by atoms with Crippen LogP contribution in [-0.2, 0) is 14.6 Å². The standard InChI is InChI=1S/C11H19NO4S/c13-10(14)8-11(2-1-3-11)9-12-4-6-17(15,16)7-5-12/h1-9H2,(H,13,14). The van der Waals surface area contributed by atoms with Crippen LogP contribution in [0.4, 0.5) is 0 Å². The molecule has 1 N–H and O–H groups in total. The fourth-order valence-electron chi connectivity index (χ4n) is 2.77. The summed E-state index contributed by atoms with van der Waals surface area (Å²) in [6, 6.07) is 0. The van der Waals surface area contributed by atoms with Crippen molar-refractivity contribution in [3.05, 3.63) is 0 Å². The van der Waals surface area contributed by atoms with E-state index in [1.54, 1.807) is 0 Å². The lowest BCUT2D eigenvalue weighted by atomic mass is 9.66. The van der Waals surface area contributed by atoms with Crippen LogP contribution in [0.2, 0.25) is 0 Å². The monoisotopic (exact) mass is 261 g/mol. The predicted octanol–water partition coefficient (Wildman–Crippen LogP) is 0.362. The van der Waals surface area contributed by atoms with Crippen molar-refractivity contribution < 1.29 is 18.3 Å². The van der Waals surface area contributed by atoms with Crippen LogP contribution in [0, 0.1) is 5.41 Å². The summed E-state index contributed by atoms with van der Waals surface area (Å²) >= 11 is 0. The van der Waals surface area contributed by atoms with Crippen molar-refractivity contribution in [1.29, 1.82) is 0 Å². The minimum Gasteiger partial charge on any atom is -0.481 e. The Bertz CT molecular complexity index is 386. The van der Waals surface area contributed by atoms with E-state index in [2.05, 4.69) is 4.90 Å². The number of carboxylic acid groups (broad SMARTS) is 1. The molecule has 0 aromatic heterocycles. The minimum absolute atomic E-state index is 0.0903. The second kappa shape index (κ2) is 4.57. The second-order valence-corrected chi connectivity index (χ2v) is 7.66. The smallest absolute Gasteiger partial charge is 0.303 e. The second-order valence-electron chi connectivity index (χ2n) is 5.35. The molecule has 2 rings (SSSR count). The van der Waals surface area contributed by atoms with Crippen LogP contribution >= 0.6 is 0 Å². The maximum Gasteiger partial charge on any atom is 0.303 e. The Morgan fingerprint density at radius 1 is 1.24 bits per heavy atom. The molecule has 0 atom stereocenters. The number of carboxylic acids is 1. The number of hydrogen-bond acceptors (Lipinski definition) is 4. The largest absolute Gasteiger partial charge is 0.481 e. The van der Waals surface area contributed by atoms with Crippen LogP contribution < -0.4 is 0 Å². The van der Waals surface area contributed by atoms with Crippen molar-refractivity contribution in [2.75, 3.05) is 31.1 Å². The van der Waals surface area contributed by atoms with Gasteiger partial charge in [-0.2, -0.15) is 0 Å². The van der Waals surface area contributed by atoms with E-state index in [4.69, 9.17) is 5.11 Å². The van der Waals surface area contributed by atoms with Gasteiger partial charge in [0.05, 0.1) is 17.9 Å². The van der Waals surface area contributed by atoms with Crippen molar-refractivity contribution in [3.63, 3.8) is 0 Å². The average Bonchev–Trinajstić information content (AvgIpc) is 2.17. The molecule has 1 heterocycles. The molecule has 0 spiro atoms. The third kappa shape index (κ3) is 3.19. The van der Waals surface area contributed by atoms with Crippen LogP contribution in [-0.4, -0.2) is 55.5 Å². The number of rotatable bonds is 4. The van der Waals surface area contributed by atoms with Gasteiger partial charge in [0.25, 0.3) is 0 Å². The van der Waals surface area contributed by atoms with E-state index in [0.717, 1.165) is 25.8 Å². The molecule has 0 amide bonds. The number of aliphatic carboxylic acids is 1. The molecule has 1 aliphatic heterocycles. The van der Waals surface area contributed by atoms with Crippen molar-refractivity contribution in [2.24, 2.45) is 5.41 Å². The highest BCUT2D eigenvalue weighted by molar-refractivity contribution is 7.91. The number of hydrogen-bond donors (Lipinski definition) is 1. The van der Waals surface area contributed by atoms with Gasteiger partial charge in [0.1, 0.15) is 0 Å². The molecule has 0 aromatic carbocycles. The Morgan fingerprint density at radius 3 is 2.24 bits per heavy atom. The summed E-state index contributed by atoms with van der Waals surface area (Å²) in [7, 11) is -2.84. The zero-order valence-electron chi connectivity index (χ0n) is 9.89. The Kier molecular flexibility index (Phi) is 3.45. The highest BCUT2D eigenvalue weighted by Crippen LogP contribution is 2.44. The fraction of sp³-hybridized carbons (Fsp3) is 0.909. The third-order valence-electron chi connectivity index (χ3n) is 3.94. The molecule has 5 nitrogen and oxygen atoms in total. The minimum atomic E-state index is -2.84. The summed E-state index contributed by atoms with van der Waals surface area (Å²) in [5.74, 6) is -0.305. The first kappa shape index (κ1) is 12.8. The van der Waals surface area contributed by atoms with Crippen LogP contribution in [0.3, 0.4) is 0 Å². The maximum absolute atomic E-state index is 11.3. The van der Waals surface area contributed by atoms with E-state index in [1.165, 1.54) is 0 Å². The molecule has 2 aliphatic rings. The molecule has 6 heteroatoms. The molecule has 0 bridgehead atoms. The molecule has 1 saturated carbocycles. The van der Waals surface area contributed by atoms with Crippen molar-refractivity contribution in [3.8, 4) is 0 Å². The van der Waals surface area contributed by atoms with Gasteiger partial charge in [-0.15, -0.1) is 0 Å². The molecule has 0 unspecified atom stereocenters. The lowest BCUT2D eigenvalue weighted by Gasteiger charge is -2.45. The van der Waals surface area contributed by atoms with E-state index < -0.39 is 15.8 Å². The van der Waals surface area contributed by atoms with E-state index in [1.807, 2.05) is 0 Å². The summed E-state index contributed by atoms with van der Waals surface area (Å²) in [6.45, 7) is 1.86. The van der Waals surface area contributed by atoms with Crippen LogP contribution in [0.25, 0.3) is 0 Å². The van der Waals surface area contributed by atoms with Gasteiger partial charge in [-0.1, -0.05) is 6.42 Å². The fourth-order valence-corrected chi connectivity index (χ4v) is 4.05. The molecule has 1 saturated heterocycles. The molecule has 2 fully saturated rings. The summed E-state index contributed by atoms with van der Waals surface area (Å²) in [5.41, 5.74) is -0.0903. The van der Waals surface area contributed by atoms with Crippen LogP contribution in [0.1, 0.15) is 25.7 Å². The molecular weight excluding hydrogens is 242 g/mol. The summed E-state index contributed by atoms with van der Waals surface area (Å²) in [4.78, 5) is 13.0. The highest BCUT2D eigenvalue weighted by atomic mass is 32.2. The van der Waals surface area contributed by atoms with Gasteiger partial charge in [-0.05, 0) is 18.3 Å². The normalized spacial score (nSPS) is 27.3. The van der Waals surface area contributed by atoms with Gasteiger partial charge in [0, 0.05) is 19.6 Å². The lowest BCUT2D eigenvalue weighted by molar-refractivity contribution is -0.142. The van der Waals surface area contributed by atoms with Gasteiger partial charge < -0.3 is 10.0 Å². The van der Waals surface area contributed by atoms with Crippen molar-refractivity contribution in [1.82, 2.24) is 4.90 Å². The summed E-state index contributed by atoms with van der Waals surface area (Å²) in [5, 5.41) is 8.91. The Hall–Kier alpha value is -0.620. The maximum atomic E-state index is 11.3. The first-order valence-corrected chi connectivity index (χ1v) is 7.88. The van der Waals surface area contributed by atoms with Gasteiger partial charge in [0.15, 0.2) is 9.84 Å². The van der Waals surface area contributed by atoms with Gasteiger partial charge in [-0.25, -0.2) is 8.42 Å². The Labute approximate surface area is 102 Å². The first-order valence-electron chi connectivity index (χ1n) is 6.05. The zero-order valence-corrected chi connectivity index (χ0v) is 10.7. The van der Waals surface area contributed by atoms with E-state index >= 15 is 0 Å². The van der Waals surface area contributed by atoms with E-state index in [0.29, 0.717) is 13.1 Å². The van der Waals surface area contributed by atoms with E-state index in [-0.39, 0.29) is 23.3 Å². The molecule has 0 radical (unpaired) electrons. The SMILES string of the molecule is O=C(O)CC1(CN2CCS(=O)(=O)CC2)CCC1. The predicted molar refractivity (Wildman–Crippen MR) is 63.6 cm³/mol. The number of carbonyl (C=O) groups is 1. The topological polar surface area (TPSA) is 74.7 Å². The van der Waals surface area contributed by atoms with Crippen LogP contribution in [0.15, 0.2) is 0 Å². The highest BCUT2D eigenvalue weighted by Gasteiger charge is 2.41. The number of nitrogens with zero attached hydrogens (tertiary/aromatic N) is 1. The third-order valence-corrected chi connectivity index (χ3v) is 5.55. The first-order chi connectivity index (χ1) is 7.91. The molecule has 1 aliphatic carbocycles. The quantitative estimate of drug-likeness (QED) is 0.791. The van der Waals surface area contributed by atoms with E-state index in [9.17, 15) is 13.2 Å². The van der Waals surface area contributed by atoms with Crippen molar-refractivity contribution >= 4 is 15.8 Å². The summed E-state index contributed by atoms with van der Waals surface area (Å²) in [6.07, 6.45) is 3.24. The molecule has 17 heavy (non-hydrogen) atoms. The Balaban J connectivity index is 1.90. The van der Waals surface area contributed by atoms with Gasteiger partial charge in [-0.3, -0.25) is 4.79 Å². The number of sulfone groups is 1. The Morgan fingerprint density at radius 2 is 1.82 bits per heavy atom. The lowest BCUT2D eigenvalue weighted by Crippen LogP contribution is -2.49. The average molecular weight is 261 g/mol. The van der Waals surface area contributed by atoms with Crippen LogP contribution in [0.5, 0.6) is 0 Å². The molecule has 0 aromatic rings. The zero-order chi connectivity index (χ0) is 12.5. The van der Waals surface area contributed by atoms with Crippen molar-refractivity contribution in [2.45, 2.75) is 25.7 Å².